The first-order chi connectivity index (χ1) is 31.5. The number of allylic oxidation sites excluding steroid dienone is 4. The normalized spacial score (nSPS) is 12.1. The van der Waals surface area contributed by atoms with Crippen LogP contribution in [0.4, 0.5) is 0 Å². The van der Waals surface area contributed by atoms with Crippen molar-refractivity contribution in [2.45, 2.75) is 316 Å². The molecule has 0 aromatic heterocycles. The van der Waals surface area contributed by atoms with Crippen molar-refractivity contribution in [1.29, 1.82) is 0 Å². The van der Waals surface area contributed by atoms with Crippen LogP contribution >= 0.6 is 0 Å². The fourth-order valence-corrected chi connectivity index (χ4v) is 8.42. The van der Waals surface area contributed by atoms with Gasteiger partial charge in [0, 0.05) is 19.3 Å². The molecule has 0 spiro atoms. The summed E-state index contributed by atoms with van der Waals surface area (Å²) in [4.78, 5) is 37.9. The molecule has 6 heteroatoms. The van der Waals surface area contributed by atoms with Crippen molar-refractivity contribution >= 4 is 17.9 Å². The molecule has 0 aliphatic heterocycles. The van der Waals surface area contributed by atoms with Crippen LogP contribution < -0.4 is 0 Å². The lowest BCUT2D eigenvalue weighted by molar-refractivity contribution is -0.167. The van der Waals surface area contributed by atoms with Crippen molar-refractivity contribution < 1.29 is 28.6 Å². The molecule has 1 unspecified atom stereocenters. The molecule has 0 bridgehead atoms. The molecule has 0 radical (unpaired) electrons. The van der Waals surface area contributed by atoms with E-state index in [-0.39, 0.29) is 31.1 Å². The Bertz CT molecular complexity index is 1040. The largest absolute Gasteiger partial charge is 0.462 e. The fraction of sp³-hybridized carbons (Fsp3) is 0.879. The number of ether oxygens (including phenoxy) is 3. The van der Waals surface area contributed by atoms with Gasteiger partial charge >= 0.3 is 17.9 Å². The minimum atomic E-state index is -0.772. The van der Waals surface area contributed by atoms with E-state index in [1.54, 1.807) is 0 Å². The highest BCUT2D eigenvalue weighted by Gasteiger charge is 2.19. The van der Waals surface area contributed by atoms with E-state index in [0.29, 0.717) is 19.3 Å². The first kappa shape index (κ1) is 61.9. The van der Waals surface area contributed by atoms with Gasteiger partial charge in [-0.25, -0.2) is 0 Å². The van der Waals surface area contributed by atoms with Crippen LogP contribution in [0.5, 0.6) is 0 Å². The number of unbranched alkanes of at least 4 members (excludes halogenated alkanes) is 37. The zero-order chi connectivity index (χ0) is 46.5. The summed E-state index contributed by atoms with van der Waals surface area (Å²) in [7, 11) is 0. The van der Waals surface area contributed by atoms with Gasteiger partial charge in [-0.05, 0) is 51.4 Å². The van der Waals surface area contributed by atoms with Gasteiger partial charge in [-0.3, -0.25) is 14.4 Å². The molecule has 0 rings (SSSR count). The van der Waals surface area contributed by atoms with Crippen molar-refractivity contribution in [3.63, 3.8) is 0 Å². The average molecular weight is 901 g/mol. The molecule has 0 saturated heterocycles. The maximum Gasteiger partial charge on any atom is 0.306 e. The minimum absolute atomic E-state index is 0.0722. The van der Waals surface area contributed by atoms with Gasteiger partial charge in [0.25, 0.3) is 0 Å². The minimum Gasteiger partial charge on any atom is -0.462 e. The van der Waals surface area contributed by atoms with Crippen LogP contribution in [0, 0.1) is 0 Å². The van der Waals surface area contributed by atoms with Gasteiger partial charge in [0.05, 0.1) is 0 Å². The molecule has 0 aliphatic carbocycles. The number of carbonyl (C=O) groups is 3. The molecule has 0 saturated carbocycles. The molecule has 6 nitrogen and oxygen atoms in total. The van der Waals surface area contributed by atoms with Crippen LogP contribution in [-0.4, -0.2) is 37.2 Å². The van der Waals surface area contributed by atoms with Crippen molar-refractivity contribution in [2.24, 2.45) is 0 Å². The highest BCUT2D eigenvalue weighted by atomic mass is 16.6. The van der Waals surface area contributed by atoms with E-state index in [9.17, 15) is 14.4 Å². The van der Waals surface area contributed by atoms with Crippen molar-refractivity contribution in [3.05, 3.63) is 24.3 Å². The summed E-state index contributed by atoms with van der Waals surface area (Å²) in [6.07, 6.45) is 61.9. The van der Waals surface area contributed by atoms with E-state index >= 15 is 0 Å². The number of hydrogen-bond donors (Lipinski definition) is 0. The van der Waals surface area contributed by atoms with E-state index in [4.69, 9.17) is 14.2 Å². The summed E-state index contributed by atoms with van der Waals surface area (Å²) < 4.78 is 16.8. The highest BCUT2D eigenvalue weighted by molar-refractivity contribution is 5.71. The van der Waals surface area contributed by atoms with E-state index < -0.39 is 6.10 Å². The van der Waals surface area contributed by atoms with Gasteiger partial charge in [0.2, 0.25) is 0 Å². The van der Waals surface area contributed by atoms with Crippen LogP contribution in [0.3, 0.4) is 0 Å². The van der Waals surface area contributed by atoms with Gasteiger partial charge in [0.1, 0.15) is 13.2 Å². The lowest BCUT2D eigenvalue weighted by Gasteiger charge is -2.18. The topological polar surface area (TPSA) is 78.9 Å². The quantitative estimate of drug-likeness (QED) is 0.0262. The highest BCUT2D eigenvalue weighted by Crippen LogP contribution is 2.17. The number of rotatable bonds is 52. The van der Waals surface area contributed by atoms with Gasteiger partial charge in [0.15, 0.2) is 6.10 Å². The monoisotopic (exact) mass is 901 g/mol. The number of esters is 3. The summed E-state index contributed by atoms with van der Waals surface area (Å²) in [5, 5.41) is 0. The van der Waals surface area contributed by atoms with Crippen LogP contribution in [0.25, 0.3) is 0 Å². The smallest absolute Gasteiger partial charge is 0.306 e. The van der Waals surface area contributed by atoms with Crippen molar-refractivity contribution in [2.75, 3.05) is 13.2 Å². The molecule has 64 heavy (non-hydrogen) atoms. The molecule has 0 aliphatic rings. The Hall–Kier alpha value is -2.11. The molecular weight excluding hydrogens is 793 g/mol. The van der Waals surface area contributed by atoms with Crippen molar-refractivity contribution in [1.82, 2.24) is 0 Å². The lowest BCUT2D eigenvalue weighted by atomic mass is 10.0. The zero-order valence-corrected chi connectivity index (χ0v) is 43.1. The van der Waals surface area contributed by atoms with Gasteiger partial charge < -0.3 is 14.2 Å². The first-order valence-corrected chi connectivity index (χ1v) is 28.3. The first-order valence-electron chi connectivity index (χ1n) is 28.3. The molecule has 0 N–H and O–H groups in total. The Kier molecular flexibility index (Phi) is 51.7. The Morgan fingerprint density at radius 2 is 0.562 bits per heavy atom. The Balaban J connectivity index is 4.18. The Labute approximate surface area is 398 Å². The van der Waals surface area contributed by atoms with E-state index in [1.807, 2.05) is 0 Å². The summed E-state index contributed by atoms with van der Waals surface area (Å²) in [6.45, 7) is 6.62. The average Bonchev–Trinajstić information content (AvgIpc) is 3.29. The second-order valence-electron chi connectivity index (χ2n) is 19.2. The predicted octanol–water partition coefficient (Wildman–Crippen LogP) is 18.7. The van der Waals surface area contributed by atoms with E-state index in [0.717, 1.165) is 77.0 Å². The number of carbonyl (C=O) groups excluding carboxylic acids is 3. The molecule has 0 fully saturated rings. The molecular formula is C58H108O6. The van der Waals surface area contributed by atoms with Gasteiger partial charge in [-0.2, -0.15) is 0 Å². The van der Waals surface area contributed by atoms with Crippen molar-refractivity contribution in [3.8, 4) is 0 Å². The van der Waals surface area contributed by atoms with E-state index in [1.165, 1.54) is 193 Å². The summed E-state index contributed by atoms with van der Waals surface area (Å²) in [5.74, 6) is -0.873. The van der Waals surface area contributed by atoms with Gasteiger partial charge in [-0.1, -0.05) is 263 Å². The Morgan fingerprint density at radius 3 is 0.875 bits per heavy atom. The number of hydrogen-bond acceptors (Lipinski definition) is 6. The van der Waals surface area contributed by atoms with E-state index in [2.05, 4.69) is 45.1 Å². The zero-order valence-electron chi connectivity index (χ0n) is 43.1. The van der Waals surface area contributed by atoms with Crippen LogP contribution in [0.15, 0.2) is 24.3 Å². The predicted molar refractivity (Wildman–Crippen MR) is 275 cm³/mol. The van der Waals surface area contributed by atoms with Crippen LogP contribution in [0.2, 0.25) is 0 Å². The third-order valence-electron chi connectivity index (χ3n) is 12.7. The maximum atomic E-state index is 12.8. The molecule has 0 aromatic carbocycles. The molecule has 0 amide bonds. The molecule has 1 atom stereocenters. The maximum absolute atomic E-state index is 12.8. The summed E-state index contributed by atoms with van der Waals surface area (Å²) >= 11 is 0. The second kappa shape index (κ2) is 53.5. The third kappa shape index (κ3) is 50.9. The lowest BCUT2D eigenvalue weighted by Crippen LogP contribution is -2.30. The third-order valence-corrected chi connectivity index (χ3v) is 12.7. The fourth-order valence-electron chi connectivity index (χ4n) is 8.42. The standard InChI is InChI=1S/C58H108O6/c1-4-7-10-13-16-19-21-23-25-27-28-29-30-31-32-34-35-37-39-42-45-48-51-57(60)63-54-55(53-62-56(59)50-47-44-41-18-15-12-9-6-3)64-58(61)52-49-46-43-40-38-36-33-26-24-22-20-17-14-11-8-5-2/h20,22,26,33,55H,4-19,21,23-25,27-32,34-54H2,1-3H3/b22-20-,33-26-. The molecule has 376 valence electrons. The van der Waals surface area contributed by atoms with Gasteiger partial charge in [-0.15, -0.1) is 0 Å². The van der Waals surface area contributed by atoms with Crippen LogP contribution in [-0.2, 0) is 28.6 Å². The molecule has 0 aromatic rings. The molecule has 0 heterocycles. The summed E-state index contributed by atoms with van der Waals surface area (Å²) in [6, 6.07) is 0. The van der Waals surface area contributed by atoms with Crippen LogP contribution in [0.1, 0.15) is 310 Å². The summed E-state index contributed by atoms with van der Waals surface area (Å²) in [5.41, 5.74) is 0. The Morgan fingerprint density at radius 1 is 0.312 bits per heavy atom. The second-order valence-corrected chi connectivity index (χ2v) is 19.2. The SMILES string of the molecule is CCCCCC/C=C\C/C=C\CCCCCCCC(=O)OC(COC(=O)CCCCCCCCCC)COC(=O)CCCCCCCCCCCCCCCCCCCCCCCC.